The van der Waals surface area contributed by atoms with Crippen LogP contribution in [0.4, 0.5) is 5.69 Å². The second kappa shape index (κ2) is 6.74. The van der Waals surface area contributed by atoms with E-state index in [-0.39, 0.29) is 0 Å². The summed E-state index contributed by atoms with van der Waals surface area (Å²) in [5.41, 5.74) is 7.81. The van der Waals surface area contributed by atoms with Crippen molar-refractivity contribution >= 4 is 5.69 Å². The summed E-state index contributed by atoms with van der Waals surface area (Å²) in [5, 5.41) is 4.23. The Kier molecular flexibility index (Phi) is 4.52. The monoisotopic (exact) mass is 285 g/mol. The lowest BCUT2D eigenvalue weighted by Crippen LogP contribution is -2.46. The zero-order valence-corrected chi connectivity index (χ0v) is 12.4. The molecule has 0 bridgehead atoms. The van der Waals surface area contributed by atoms with E-state index in [9.17, 15) is 0 Å². The van der Waals surface area contributed by atoms with Crippen molar-refractivity contribution in [3.63, 3.8) is 0 Å². The number of aromatic nitrogens is 2. The summed E-state index contributed by atoms with van der Waals surface area (Å²) in [6.45, 7) is 7.54. The maximum absolute atomic E-state index is 5.68. The Morgan fingerprint density at radius 1 is 0.952 bits per heavy atom. The third kappa shape index (κ3) is 4.06. The summed E-state index contributed by atoms with van der Waals surface area (Å²) in [6, 6.07) is 10.7. The minimum Gasteiger partial charge on any atom is -0.396 e. The van der Waals surface area contributed by atoms with Crippen molar-refractivity contribution in [1.82, 2.24) is 19.6 Å². The van der Waals surface area contributed by atoms with Gasteiger partial charge in [0.1, 0.15) is 0 Å². The van der Waals surface area contributed by atoms with E-state index >= 15 is 0 Å². The Labute approximate surface area is 126 Å². The molecule has 112 valence electrons. The molecule has 2 aromatic rings. The van der Waals surface area contributed by atoms with Crippen LogP contribution >= 0.6 is 0 Å². The summed E-state index contributed by atoms with van der Waals surface area (Å²) >= 11 is 0. The third-order valence-corrected chi connectivity index (χ3v) is 4.01. The molecule has 5 heteroatoms. The quantitative estimate of drug-likeness (QED) is 0.899. The van der Waals surface area contributed by atoms with Gasteiger partial charge in [0.05, 0.1) is 18.4 Å². The van der Waals surface area contributed by atoms with Gasteiger partial charge in [0, 0.05) is 45.5 Å². The Morgan fingerprint density at radius 2 is 1.67 bits per heavy atom. The van der Waals surface area contributed by atoms with Crippen molar-refractivity contribution < 1.29 is 0 Å². The molecule has 1 fully saturated rings. The highest BCUT2D eigenvalue weighted by Crippen LogP contribution is 2.08. The maximum Gasteiger partial charge on any atom is 0.0719 e. The number of benzene rings is 1. The Hall–Kier alpha value is -1.85. The number of anilines is 1. The first-order chi connectivity index (χ1) is 10.3. The van der Waals surface area contributed by atoms with Crippen molar-refractivity contribution in [1.29, 1.82) is 0 Å². The van der Waals surface area contributed by atoms with Crippen LogP contribution < -0.4 is 5.73 Å². The average Bonchev–Trinajstić information content (AvgIpc) is 2.93. The number of nitrogens with zero attached hydrogens (tertiary/aromatic N) is 4. The highest BCUT2D eigenvalue weighted by molar-refractivity contribution is 5.30. The fourth-order valence-corrected chi connectivity index (χ4v) is 2.76. The van der Waals surface area contributed by atoms with Crippen molar-refractivity contribution in [3.05, 3.63) is 48.3 Å². The SMILES string of the molecule is Nc1cnn(CCN2CCN(Cc3ccccc3)CC2)c1. The van der Waals surface area contributed by atoms with Crippen LogP contribution in [0.25, 0.3) is 0 Å². The number of hydrogen-bond acceptors (Lipinski definition) is 4. The second-order valence-corrected chi connectivity index (χ2v) is 5.64. The molecule has 0 spiro atoms. The fraction of sp³-hybridized carbons (Fsp3) is 0.438. The standard InChI is InChI=1S/C16H23N5/c17-16-12-18-21(14-16)11-10-19-6-8-20(9-7-19)13-15-4-2-1-3-5-15/h1-5,12,14H,6-11,13,17H2. The van der Waals surface area contributed by atoms with Gasteiger partial charge in [-0.3, -0.25) is 14.5 Å². The molecule has 0 amide bonds. The van der Waals surface area contributed by atoms with Gasteiger partial charge in [-0.05, 0) is 5.56 Å². The molecule has 21 heavy (non-hydrogen) atoms. The third-order valence-electron chi connectivity index (χ3n) is 4.01. The first kappa shape index (κ1) is 14.1. The average molecular weight is 285 g/mol. The van der Waals surface area contributed by atoms with Crippen LogP contribution in [-0.2, 0) is 13.1 Å². The minimum absolute atomic E-state index is 0.739. The fourth-order valence-electron chi connectivity index (χ4n) is 2.76. The summed E-state index contributed by atoms with van der Waals surface area (Å²) in [6.07, 6.45) is 3.60. The molecule has 2 heterocycles. The van der Waals surface area contributed by atoms with Gasteiger partial charge < -0.3 is 5.73 Å². The minimum atomic E-state index is 0.739. The van der Waals surface area contributed by atoms with Gasteiger partial charge in [0.25, 0.3) is 0 Å². The van der Waals surface area contributed by atoms with Gasteiger partial charge in [-0.25, -0.2) is 0 Å². The van der Waals surface area contributed by atoms with Gasteiger partial charge in [0.15, 0.2) is 0 Å². The van der Waals surface area contributed by atoms with Gasteiger partial charge in [0.2, 0.25) is 0 Å². The number of hydrogen-bond donors (Lipinski definition) is 1. The van der Waals surface area contributed by atoms with E-state index in [2.05, 4.69) is 45.2 Å². The van der Waals surface area contributed by atoms with E-state index in [4.69, 9.17) is 5.73 Å². The summed E-state index contributed by atoms with van der Waals surface area (Å²) in [5.74, 6) is 0. The smallest absolute Gasteiger partial charge is 0.0719 e. The van der Waals surface area contributed by atoms with E-state index in [1.165, 1.54) is 5.56 Å². The lowest BCUT2D eigenvalue weighted by Gasteiger charge is -2.34. The van der Waals surface area contributed by atoms with Crippen molar-refractivity contribution in [2.75, 3.05) is 38.5 Å². The highest BCUT2D eigenvalue weighted by Gasteiger charge is 2.16. The number of piperazine rings is 1. The van der Waals surface area contributed by atoms with Crippen LogP contribution in [-0.4, -0.2) is 52.3 Å². The van der Waals surface area contributed by atoms with E-state index < -0.39 is 0 Å². The van der Waals surface area contributed by atoms with Crippen LogP contribution in [0.5, 0.6) is 0 Å². The lowest BCUT2D eigenvalue weighted by molar-refractivity contribution is 0.123. The van der Waals surface area contributed by atoms with Gasteiger partial charge >= 0.3 is 0 Å². The van der Waals surface area contributed by atoms with Crippen LogP contribution in [0.1, 0.15) is 5.56 Å². The van der Waals surface area contributed by atoms with Crippen LogP contribution in [0.15, 0.2) is 42.7 Å². The first-order valence-corrected chi connectivity index (χ1v) is 7.56. The maximum atomic E-state index is 5.68. The van der Waals surface area contributed by atoms with Crippen molar-refractivity contribution in [2.45, 2.75) is 13.1 Å². The topological polar surface area (TPSA) is 50.3 Å². The first-order valence-electron chi connectivity index (χ1n) is 7.56. The molecular formula is C16H23N5. The van der Waals surface area contributed by atoms with E-state index in [1.54, 1.807) is 6.20 Å². The molecular weight excluding hydrogens is 262 g/mol. The van der Waals surface area contributed by atoms with Crippen LogP contribution in [0.2, 0.25) is 0 Å². The molecule has 0 atom stereocenters. The lowest BCUT2D eigenvalue weighted by atomic mass is 10.2. The normalized spacial score (nSPS) is 17.1. The van der Waals surface area contributed by atoms with Crippen molar-refractivity contribution in [2.24, 2.45) is 0 Å². The number of nitrogen functional groups attached to an aromatic ring is 1. The van der Waals surface area contributed by atoms with E-state index in [1.807, 2.05) is 10.9 Å². The predicted molar refractivity (Wildman–Crippen MR) is 84.8 cm³/mol. The highest BCUT2D eigenvalue weighted by atomic mass is 15.3. The molecule has 1 aliphatic heterocycles. The predicted octanol–water partition coefficient (Wildman–Crippen LogP) is 1.28. The molecule has 2 N–H and O–H groups in total. The summed E-state index contributed by atoms with van der Waals surface area (Å²) < 4.78 is 1.92. The molecule has 0 saturated carbocycles. The zero-order valence-electron chi connectivity index (χ0n) is 12.4. The van der Waals surface area contributed by atoms with Crippen LogP contribution in [0.3, 0.4) is 0 Å². The molecule has 1 aromatic carbocycles. The molecule has 1 aliphatic rings. The summed E-state index contributed by atoms with van der Waals surface area (Å²) in [7, 11) is 0. The molecule has 1 saturated heterocycles. The molecule has 3 rings (SSSR count). The Bertz CT molecular complexity index is 543. The zero-order chi connectivity index (χ0) is 14.5. The van der Waals surface area contributed by atoms with Crippen LogP contribution in [0, 0.1) is 0 Å². The van der Waals surface area contributed by atoms with Gasteiger partial charge in [-0.15, -0.1) is 0 Å². The van der Waals surface area contributed by atoms with Gasteiger partial charge in [-0.2, -0.15) is 5.10 Å². The number of rotatable bonds is 5. The summed E-state index contributed by atoms with van der Waals surface area (Å²) in [4.78, 5) is 5.02. The number of nitrogens with two attached hydrogens (primary N) is 1. The van der Waals surface area contributed by atoms with E-state index in [0.29, 0.717) is 0 Å². The molecule has 0 unspecified atom stereocenters. The Balaban J connectivity index is 1.40. The molecule has 1 aromatic heterocycles. The van der Waals surface area contributed by atoms with E-state index in [0.717, 1.165) is 51.5 Å². The van der Waals surface area contributed by atoms with Crippen molar-refractivity contribution in [3.8, 4) is 0 Å². The largest absolute Gasteiger partial charge is 0.396 e. The molecule has 0 radical (unpaired) electrons. The Morgan fingerprint density at radius 3 is 2.33 bits per heavy atom. The molecule has 5 nitrogen and oxygen atoms in total. The second-order valence-electron chi connectivity index (χ2n) is 5.64. The molecule has 0 aliphatic carbocycles. The van der Waals surface area contributed by atoms with Gasteiger partial charge in [-0.1, -0.05) is 30.3 Å².